The normalized spacial score (nSPS) is 25.2. The molecule has 110 valence electrons. The fraction of sp³-hybridized carbons (Fsp3) is 0.647. The zero-order valence-corrected chi connectivity index (χ0v) is 12.5. The molecule has 1 heterocycles. The average molecular weight is 274 g/mol. The highest BCUT2D eigenvalue weighted by Crippen LogP contribution is 2.36. The number of hydrogen-bond donors (Lipinski definition) is 1. The highest BCUT2D eigenvalue weighted by Gasteiger charge is 2.37. The summed E-state index contributed by atoms with van der Waals surface area (Å²) in [7, 11) is 0. The number of benzene rings is 1. The Kier molecular flexibility index (Phi) is 4.58. The molecule has 0 amide bonds. The molecule has 1 saturated carbocycles. The van der Waals surface area contributed by atoms with Crippen LogP contribution in [0.3, 0.4) is 0 Å². The minimum atomic E-state index is 0.813. The van der Waals surface area contributed by atoms with Crippen LogP contribution in [0.5, 0.6) is 5.75 Å². The van der Waals surface area contributed by atoms with Crippen LogP contribution in [0.4, 0.5) is 0 Å². The smallest absolute Gasteiger partial charge is 0.119 e. The second-order valence-corrected chi connectivity index (χ2v) is 6.10. The van der Waals surface area contributed by atoms with E-state index in [1.165, 1.54) is 31.4 Å². The Balaban J connectivity index is 1.44. The third kappa shape index (κ3) is 3.33. The highest BCUT2D eigenvalue weighted by atomic mass is 16.5. The Morgan fingerprint density at radius 1 is 1.35 bits per heavy atom. The van der Waals surface area contributed by atoms with Gasteiger partial charge in [-0.05, 0) is 49.4 Å². The molecule has 2 aliphatic rings. The van der Waals surface area contributed by atoms with Gasteiger partial charge in [-0.25, -0.2) is 0 Å². The number of ether oxygens (including phenoxy) is 1. The molecule has 0 aromatic heterocycles. The van der Waals surface area contributed by atoms with Crippen molar-refractivity contribution in [2.75, 3.05) is 26.2 Å². The highest BCUT2D eigenvalue weighted by molar-refractivity contribution is 5.28. The maximum Gasteiger partial charge on any atom is 0.119 e. The van der Waals surface area contributed by atoms with Crippen molar-refractivity contribution < 1.29 is 4.74 Å². The molecule has 3 heteroatoms. The van der Waals surface area contributed by atoms with E-state index in [9.17, 15) is 0 Å². The first-order valence-electron chi connectivity index (χ1n) is 8.01. The quantitative estimate of drug-likeness (QED) is 0.827. The Labute approximate surface area is 122 Å². The predicted molar refractivity (Wildman–Crippen MR) is 82.0 cm³/mol. The monoisotopic (exact) mass is 274 g/mol. The molecule has 3 rings (SSSR count). The molecule has 2 bridgehead atoms. The Hall–Kier alpha value is -1.06. The minimum Gasteiger partial charge on any atom is -0.492 e. The van der Waals surface area contributed by atoms with Crippen LogP contribution in [-0.2, 0) is 6.54 Å². The summed E-state index contributed by atoms with van der Waals surface area (Å²) in [5.74, 6) is 1.98. The predicted octanol–water partition coefficient (Wildman–Crippen LogP) is 2.66. The van der Waals surface area contributed by atoms with Gasteiger partial charge in [-0.2, -0.15) is 0 Å². The number of piperidine rings is 1. The van der Waals surface area contributed by atoms with Crippen molar-refractivity contribution in [1.29, 1.82) is 0 Å². The molecule has 1 aliphatic carbocycles. The van der Waals surface area contributed by atoms with Gasteiger partial charge >= 0.3 is 0 Å². The number of nitrogens with zero attached hydrogens (tertiary/aromatic N) is 1. The molecule has 1 saturated heterocycles. The fourth-order valence-corrected chi connectivity index (χ4v) is 3.60. The van der Waals surface area contributed by atoms with Crippen LogP contribution in [0.2, 0.25) is 0 Å². The van der Waals surface area contributed by atoms with Gasteiger partial charge in [0.25, 0.3) is 0 Å². The largest absolute Gasteiger partial charge is 0.492 e. The van der Waals surface area contributed by atoms with Crippen molar-refractivity contribution in [2.24, 2.45) is 5.92 Å². The van der Waals surface area contributed by atoms with E-state index in [-0.39, 0.29) is 0 Å². The van der Waals surface area contributed by atoms with Gasteiger partial charge in [0.1, 0.15) is 12.4 Å². The summed E-state index contributed by atoms with van der Waals surface area (Å²) in [5.41, 5.74) is 1.30. The Morgan fingerprint density at radius 3 is 3.05 bits per heavy atom. The summed E-state index contributed by atoms with van der Waals surface area (Å²) in [6, 6.07) is 9.29. The molecule has 0 spiro atoms. The van der Waals surface area contributed by atoms with Gasteiger partial charge in [0, 0.05) is 25.7 Å². The molecular weight excluding hydrogens is 248 g/mol. The third-order valence-electron chi connectivity index (χ3n) is 4.65. The van der Waals surface area contributed by atoms with Gasteiger partial charge in [-0.3, -0.25) is 4.90 Å². The SMILES string of the molecule is CCNCc1cccc(OCCN2CC3CCC2C3)c1. The lowest BCUT2D eigenvalue weighted by atomic mass is 10.1. The topological polar surface area (TPSA) is 24.5 Å². The van der Waals surface area contributed by atoms with E-state index in [2.05, 4.69) is 41.4 Å². The summed E-state index contributed by atoms with van der Waals surface area (Å²) in [6.45, 7) is 7.25. The van der Waals surface area contributed by atoms with Crippen molar-refractivity contribution in [3.05, 3.63) is 29.8 Å². The number of fused-ring (bicyclic) bond motifs is 2. The van der Waals surface area contributed by atoms with E-state index in [4.69, 9.17) is 4.74 Å². The van der Waals surface area contributed by atoms with Crippen molar-refractivity contribution in [3.8, 4) is 5.75 Å². The van der Waals surface area contributed by atoms with Gasteiger partial charge in [-0.1, -0.05) is 19.1 Å². The fourth-order valence-electron chi connectivity index (χ4n) is 3.60. The first-order chi connectivity index (χ1) is 9.85. The molecule has 2 atom stereocenters. The van der Waals surface area contributed by atoms with E-state index in [1.54, 1.807) is 0 Å². The molecule has 1 N–H and O–H groups in total. The summed E-state index contributed by atoms with van der Waals surface area (Å²) >= 11 is 0. The van der Waals surface area contributed by atoms with Gasteiger partial charge in [-0.15, -0.1) is 0 Å². The van der Waals surface area contributed by atoms with Crippen LogP contribution < -0.4 is 10.1 Å². The van der Waals surface area contributed by atoms with Crippen LogP contribution in [0.25, 0.3) is 0 Å². The van der Waals surface area contributed by atoms with Gasteiger partial charge in [0.05, 0.1) is 0 Å². The molecule has 1 aliphatic heterocycles. The van der Waals surface area contributed by atoms with Crippen molar-refractivity contribution in [2.45, 2.75) is 38.8 Å². The van der Waals surface area contributed by atoms with E-state index >= 15 is 0 Å². The van der Waals surface area contributed by atoms with E-state index in [0.717, 1.165) is 44.0 Å². The summed E-state index contributed by atoms with van der Waals surface area (Å²) in [4.78, 5) is 2.62. The Bertz CT molecular complexity index is 435. The Morgan fingerprint density at radius 2 is 2.30 bits per heavy atom. The lowest BCUT2D eigenvalue weighted by molar-refractivity contribution is 0.172. The first kappa shape index (κ1) is 13.9. The average Bonchev–Trinajstić information content (AvgIpc) is 3.08. The molecular formula is C17H26N2O. The summed E-state index contributed by atoms with van der Waals surface area (Å²) in [5, 5.41) is 3.35. The van der Waals surface area contributed by atoms with Crippen molar-refractivity contribution >= 4 is 0 Å². The summed E-state index contributed by atoms with van der Waals surface area (Å²) in [6.07, 6.45) is 4.29. The molecule has 1 aromatic rings. The van der Waals surface area contributed by atoms with Crippen LogP contribution in [0, 0.1) is 5.92 Å². The second kappa shape index (κ2) is 6.59. The number of rotatable bonds is 7. The molecule has 2 fully saturated rings. The van der Waals surface area contributed by atoms with Crippen LogP contribution in [0.1, 0.15) is 31.7 Å². The van der Waals surface area contributed by atoms with Gasteiger partial charge in [0.2, 0.25) is 0 Å². The number of nitrogens with one attached hydrogen (secondary N) is 1. The lowest BCUT2D eigenvalue weighted by Gasteiger charge is -2.26. The molecule has 20 heavy (non-hydrogen) atoms. The number of likely N-dealkylation sites (tertiary alicyclic amines) is 1. The zero-order valence-electron chi connectivity index (χ0n) is 12.5. The van der Waals surface area contributed by atoms with Crippen LogP contribution in [0.15, 0.2) is 24.3 Å². The van der Waals surface area contributed by atoms with Gasteiger partial charge < -0.3 is 10.1 Å². The van der Waals surface area contributed by atoms with Crippen molar-refractivity contribution in [1.82, 2.24) is 10.2 Å². The summed E-state index contributed by atoms with van der Waals surface area (Å²) < 4.78 is 5.93. The van der Waals surface area contributed by atoms with Crippen LogP contribution >= 0.6 is 0 Å². The minimum absolute atomic E-state index is 0.813. The van der Waals surface area contributed by atoms with E-state index in [1.807, 2.05) is 0 Å². The van der Waals surface area contributed by atoms with E-state index in [0.29, 0.717) is 0 Å². The van der Waals surface area contributed by atoms with Gasteiger partial charge in [0.15, 0.2) is 0 Å². The lowest BCUT2D eigenvalue weighted by Crippen LogP contribution is -2.35. The molecule has 2 unspecified atom stereocenters. The van der Waals surface area contributed by atoms with Crippen LogP contribution in [-0.4, -0.2) is 37.2 Å². The second-order valence-electron chi connectivity index (χ2n) is 6.10. The maximum atomic E-state index is 5.93. The zero-order chi connectivity index (χ0) is 13.8. The standard InChI is InChI=1S/C17H26N2O/c1-2-18-12-14-4-3-5-17(11-14)20-9-8-19-13-15-6-7-16(19)10-15/h3-5,11,15-16,18H,2,6-10,12-13H2,1H3. The maximum absolute atomic E-state index is 5.93. The van der Waals surface area contributed by atoms with E-state index < -0.39 is 0 Å². The molecule has 3 nitrogen and oxygen atoms in total. The number of hydrogen-bond acceptors (Lipinski definition) is 3. The first-order valence-corrected chi connectivity index (χ1v) is 8.01. The third-order valence-corrected chi connectivity index (χ3v) is 4.65. The van der Waals surface area contributed by atoms with Crippen molar-refractivity contribution in [3.63, 3.8) is 0 Å². The molecule has 1 aromatic carbocycles. The molecule has 0 radical (unpaired) electrons.